The minimum absolute atomic E-state index is 0.198. The summed E-state index contributed by atoms with van der Waals surface area (Å²) in [6.07, 6.45) is 3.77. The number of allylic oxidation sites excluding steroid dienone is 3. The van der Waals surface area contributed by atoms with Gasteiger partial charge in [0, 0.05) is 6.42 Å². The summed E-state index contributed by atoms with van der Waals surface area (Å²) >= 11 is 0. The van der Waals surface area contributed by atoms with E-state index < -0.39 is 0 Å². The van der Waals surface area contributed by atoms with Crippen molar-refractivity contribution in [1.82, 2.24) is 0 Å². The van der Waals surface area contributed by atoms with Crippen molar-refractivity contribution in [3.8, 4) is 0 Å². The van der Waals surface area contributed by atoms with Crippen molar-refractivity contribution >= 4 is 0 Å². The SMILES string of the molecule is C=C/C(O)=C(\C=C)Cc1ccccc1. The molecule has 0 saturated heterocycles. The molecule has 0 heterocycles. The van der Waals surface area contributed by atoms with Crippen molar-refractivity contribution in [2.24, 2.45) is 0 Å². The normalized spacial score (nSPS) is 11.7. The van der Waals surface area contributed by atoms with Gasteiger partial charge in [0.1, 0.15) is 5.76 Å². The van der Waals surface area contributed by atoms with E-state index in [2.05, 4.69) is 13.2 Å². The Morgan fingerprint density at radius 3 is 2.29 bits per heavy atom. The van der Waals surface area contributed by atoms with Gasteiger partial charge in [-0.3, -0.25) is 0 Å². The Bertz CT molecular complexity index is 347. The number of rotatable bonds is 4. The molecule has 1 N–H and O–H groups in total. The summed E-state index contributed by atoms with van der Waals surface area (Å²) in [6, 6.07) is 9.94. The van der Waals surface area contributed by atoms with Crippen LogP contribution in [0.5, 0.6) is 0 Å². The van der Waals surface area contributed by atoms with Gasteiger partial charge in [0.05, 0.1) is 0 Å². The summed E-state index contributed by atoms with van der Waals surface area (Å²) in [5.41, 5.74) is 1.95. The van der Waals surface area contributed by atoms with Crippen LogP contribution in [0.15, 0.2) is 67.0 Å². The Kier molecular flexibility index (Phi) is 3.74. The van der Waals surface area contributed by atoms with Crippen LogP contribution in [0.2, 0.25) is 0 Å². The molecule has 1 rings (SSSR count). The predicted molar refractivity (Wildman–Crippen MR) is 60.2 cm³/mol. The van der Waals surface area contributed by atoms with Crippen LogP contribution in [0.25, 0.3) is 0 Å². The van der Waals surface area contributed by atoms with Crippen LogP contribution >= 0.6 is 0 Å². The topological polar surface area (TPSA) is 20.2 Å². The molecular weight excluding hydrogens is 172 g/mol. The third-order valence-corrected chi connectivity index (χ3v) is 2.01. The van der Waals surface area contributed by atoms with Crippen molar-refractivity contribution in [3.63, 3.8) is 0 Å². The maximum Gasteiger partial charge on any atom is 0.118 e. The van der Waals surface area contributed by atoms with Crippen LogP contribution < -0.4 is 0 Å². The second-order valence-corrected chi connectivity index (χ2v) is 2.98. The zero-order valence-corrected chi connectivity index (χ0v) is 8.11. The van der Waals surface area contributed by atoms with Gasteiger partial charge in [-0.2, -0.15) is 0 Å². The van der Waals surface area contributed by atoms with Gasteiger partial charge in [0.15, 0.2) is 0 Å². The first-order chi connectivity index (χ1) is 6.77. The van der Waals surface area contributed by atoms with E-state index in [1.807, 2.05) is 30.3 Å². The molecule has 0 aliphatic carbocycles. The van der Waals surface area contributed by atoms with E-state index in [9.17, 15) is 5.11 Å². The fourth-order valence-electron chi connectivity index (χ4n) is 1.21. The summed E-state index contributed by atoms with van der Waals surface area (Å²) in [7, 11) is 0. The molecule has 0 aliphatic heterocycles. The zero-order chi connectivity index (χ0) is 10.4. The van der Waals surface area contributed by atoms with Gasteiger partial charge in [-0.15, -0.1) is 0 Å². The fraction of sp³-hybridized carbons (Fsp3) is 0.0769. The third kappa shape index (κ3) is 2.63. The lowest BCUT2D eigenvalue weighted by atomic mass is 10.0. The highest BCUT2D eigenvalue weighted by atomic mass is 16.3. The van der Waals surface area contributed by atoms with Crippen molar-refractivity contribution in [3.05, 3.63) is 72.5 Å². The van der Waals surface area contributed by atoms with Gasteiger partial charge in [0.25, 0.3) is 0 Å². The molecule has 0 unspecified atom stereocenters. The van der Waals surface area contributed by atoms with Crippen LogP contribution in [0.3, 0.4) is 0 Å². The molecule has 0 fully saturated rings. The molecule has 0 radical (unpaired) electrons. The summed E-state index contributed by atoms with van der Waals surface area (Å²) in [5, 5.41) is 9.47. The highest BCUT2D eigenvalue weighted by Crippen LogP contribution is 2.12. The van der Waals surface area contributed by atoms with Crippen LogP contribution in [-0.4, -0.2) is 5.11 Å². The average Bonchev–Trinajstić information content (AvgIpc) is 2.26. The highest BCUT2D eigenvalue weighted by Gasteiger charge is 1.99. The van der Waals surface area contributed by atoms with E-state index >= 15 is 0 Å². The zero-order valence-electron chi connectivity index (χ0n) is 8.11. The summed E-state index contributed by atoms with van der Waals surface area (Å²) < 4.78 is 0. The molecule has 0 bridgehead atoms. The molecule has 0 saturated carbocycles. The molecule has 1 heteroatoms. The summed E-state index contributed by atoms with van der Waals surface area (Å²) in [5.74, 6) is 0.198. The number of aliphatic hydroxyl groups excluding tert-OH is 1. The molecule has 72 valence electrons. The number of hydrogen-bond donors (Lipinski definition) is 1. The maximum absolute atomic E-state index is 9.47. The quantitative estimate of drug-likeness (QED) is 0.564. The van der Waals surface area contributed by atoms with Gasteiger partial charge < -0.3 is 5.11 Å². The van der Waals surface area contributed by atoms with Crippen molar-refractivity contribution < 1.29 is 5.11 Å². The van der Waals surface area contributed by atoms with Gasteiger partial charge in [-0.05, 0) is 17.2 Å². The smallest absolute Gasteiger partial charge is 0.118 e. The predicted octanol–water partition coefficient (Wildman–Crippen LogP) is 3.41. The van der Waals surface area contributed by atoms with E-state index in [1.54, 1.807) is 6.08 Å². The van der Waals surface area contributed by atoms with E-state index in [1.165, 1.54) is 6.08 Å². The lowest BCUT2D eigenvalue weighted by Crippen LogP contribution is -1.91. The maximum atomic E-state index is 9.47. The summed E-state index contributed by atoms with van der Waals surface area (Å²) in [6.45, 7) is 7.18. The fourth-order valence-corrected chi connectivity index (χ4v) is 1.21. The number of aliphatic hydroxyl groups is 1. The standard InChI is InChI=1S/C13H14O/c1-3-12(13(14)4-2)10-11-8-6-5-7-9-11/h3-9,14H,1-2,10H2/b13-12-. The molecule has 14 heavy (non-hydrogen) atoms. The van der Waals surface area contributed by atoms with Crippen LogP contribution in [0.1, 0.15) is 5.56 Å². The van der Waals surface area contributed by atoms with E-state index in [-0.39, 0.29) is 5.76 Å². The summed E-state index contributed by atoms with van der Waals surface area (Å²) in [4.78, 5) is 0. The minimum Gasteiger partial charge on any atom is -0.508 e. The molecule has 0 atom stereocenters. The van der Waals surface area contributed by atoms with Gasteiger partial charge in [0.2, 0.25) is 0 Å². The Morgan fingerprint density at radius 2 is 1.79 bits per heavy atom. The lowest BCUT2D eigenvalue weighted by molar-refractivity contribution is 0.426. The van der Waals surface area contributed by atoms with Crippen LogP contribution in [0, 0.1) is 0 Å². The Morgan fingerprint density at radius 1 is 1.14 bits per heavy atom. The molecule has 0 aliphatic rings. The van der Waals surface area contributed by atoms with Gasteiger partial charge in [-0.1, -0.05) is 49.6 Å². The first-order valence-electron chi connectivity index (χ1n) is 4.49. The first kappa shape index (κ1) is 10.3. The Labute approximate surface area is 84.7 Å². The van der Waals surface area contributed by atoms with E-state index in [0.29, 0.717) is 6.42 Å². The average molecular weight is 186 g/mol. The second-order valence-electron chi connectivity index (χ2n) is 2.98. The van der Waals surface area contributed by atoms with Gasteiger partial charge in [-0.25, -0.2) is 0 Å². The lowest BCUT2D eigenvalue weighted by Gasteiger charge is -2.03. The first-order valence-corrected chi connectivity index (χ1v) is 4.49. The third-order valence-electron chi connectivity index (χ3n) is 2.01. The van der Waals surface area contributed by atoms with Gasteiger partial charge >= 0.3 is 0 Å². The molecule has 0 amide bonds. The van der Waals surface area contributed by atoms with Crippen LogP contribution in [0.4, 0.5) is 0 Å². The highest BCUT2D eigenvalue weighted by molar-refractivity contribution is 5.32. The number of hydrogen-bond acceptors (Lipinski definition) is 1. The minimum atomic E-state index is 0.198. The van der Waals surface area contributed by atoms with E-state index in [0.717, 1.165) is 11.1 Å². The Balaban J connectivity index is 2.87. The number of benzene rings is 1. The molecule has 0 aromatic heterocycles. The van der Waals surface area contributed by atoms with Crippen molar-refractivity contribution in [2.45, 2.75) is 6.42 Å². The Hall–Kier alpha value is -1.76. The van der Waals surface area contributed by atoms with Crippen molar-refractivity contribution in [1.29, 1.82) is 0 Å². The molecule has 1 nitrogen and oxygen atoms in total. The molecule has 0 spiro atoms. The second kappa shape index (κ2) is 5.07. The van der Waals surface area contributed by atoms with E-state index in [4.69, 9.17) is 0 Å². The molecular formula is C13H14O. The molecule has 1 aromatic carbocycles. The van der Waals surface area contributed by atoms with Crippen molar-refractivity contribution in [2.75, 3.05) is 0 Å². The largest absolute Gasteiger partial charge is 0.508 e. The van der Waals surface area contributed by atoms with Crippen LogP contribution in [-0.2, 0) is 6.42 Å². The monoisotopic (exact) mass is 186 g/mol. The molecule has 1 aromatic rings.